The third-order valence-electron chi connectivity index (χ3n) is 4.89. The Labute approximate surface area is 166 Å². The summed E-state index contributed by atoms with van der Waals surface area (Å²) in [7, 11) is 0. The van der Waals surface area contributed by atoms with Crippen molar-refractivity contribution in [2.75, 3.05) is 0 Å². The number of hydrogen-bond acceptors (Lipinski definition) is 5. The fourth-order valence-electron chi connectivity index (χ4n) is 3.27. The molecule has 0 N–H and O–H groups in total. The molecule has 6 nitrogen and oxygen atoms in total. The van der Waals surface area contributed by atoms with E-state index in [9.17, 15) is 0 Å². The van der Waals surface area contributed by atoms with E-state index in [1.165, 1.54) is 5.56 Å². The Morgan fingerprint density at radius 2 is 1.75 bits per heavy atom. The first-order valence-corrected chi connectivity index (χ1v) is 10.0. The van der Waals surface area contributed by atoms with Gasteiger partial charge >= 0.3 is 0 Å². The van der Waals surface area contributed by atoms with Crippen molar-refractivity contribution in [3.05, 3.63) is 66.2 Å². The molecule has 0 aliphatic heterocycles. The van der Waals surface area contributed by atoms with E-state index in [1.807, 2.05) is 29.0 Å². The van der Waals surface area contributed by atoms with Gasteiger partial charge in [-0.2, -0.15) is 9.61 Å². The van der Waals surface area contributed by atoms with Crippen molar-refractivity contribution >= 4 is 27.3 Å². The van der Waals surface area contributed by atoms with E-state index in [4.69, 9.17) is 5.10 Å². The van der Waals surface area contributed by atoms with Crippen molar-refractivity contribution in [1.29, 1.82) is 0 Å². The largest absolute Gasteiger partial charge is 0.323 e. The number of aromatic nitrogens is 6. The first-order chi connectivity index (χ1) is 13.5. The molecular weight excluding hydrogens is 368 g/mol. The summed E-state index contributed by atoms with van der Waals surface area (Å²) >= 11 is 1.55. The van der Waals surface area contributed by atoms with Gasteiger partial charge in [-0.05, 0) is 23.1 Å². The summed E-state index contributed by atoms with van der Waals surface area (Å²) in [6, 6.07) is 16.7. The maximum absolute atomic E-state index is 4.77. The molecule has 0 saturated carbocycles. The minimum atomic E-state index is 0.140. The van der Waals surface area contributed by atoms with E-state index in [0.29, 0.717) is 6.54 Å². The number of imidazole rings is 1. The highest BCUT2D eigenvalue weighted by atomic mass is 32.1. The summed E-state index contributed by atoms with van der Waals surface area (Å²) in [6.45, 7) is 7.24. The molecule has 3 aromatic heterocycles. The lowest BCUT2D eigenvalue weighted by atomic mass is 9.87. The highest BCUT2D eigenvalue weighted by Gasteiger charge is 2.16. The standard InChI is InChI=1S/C21H20N6S/c1-21(2,3)15-10-8-14(9-11-15)19-25-27-18(23-24-20(27)28-19)12-26-13-22-16-6-4-5-7-17(16)26/h4-11,13H,12H2,1-3H3. The van der Waals surface area contributed by atoms with Gasteiger partial charge in [0.25, 0.3) is 0 Å². The lowest BCUT2D eigenvalue weighted by molar-refractivity contribution is 0.590. The van der Waals surface area contributed by atoms with Gasteiger partial charge in [0.2, 0.25) is 4.96 Å². The van der Waals surface area contributed by atoms with Crippen molar-refractivity contribution in [2.24, 2.45) is 0 Å². The molecule has 0 spiro atoms. The SMILES string of the molecule is CC(C)(C)c1ccc(-c2nn3c(Cn4cnc5ccccc54)nnc3s2)cc1. The number of hydrogen-bond donors (Lipinski definition) is 0. The van der Waals surface area contributed by atoms with Gasteiger partial charge in [0.1, 0.15) is 5.01 Å². The molecule has 0 saturated heterocycles. The first-order valence-electron chi connectivity index (χ1n) is 9.21. The fraction of sp³-hybridized carbons (Fsp3) is 0.238. The van der Waals surface area contributed by atoms with Gasteiger partial charge in [0, 0.05) is 5.56 Å². The predicted molar refractivity (Wildman–Crippen MR) is 112 cm³/mol. The van der Waals surface area contributed by atoms with Crippen molar-refractivity contribution in [3.8, 4) is 10.6 Å². The Morgan fingerprint density at radius 1 is 0.964 bits per heavy atom. The molecule has 3 heterocycles. The smallest absolute Gasteiger partial charge is 0.235 e. The van der Waals surface area contributed by atoms with E-state index < -0.39 is 0 Å². The minimum absolute atomic E-state index is 0.140. The molecule has 0 aliphatic carbocycles. The van der Waals surface area contributed by atoms with Crippen LogP contribution >= 0.6 is 11.3 Å². The quantitative estimate of drug-likeness (QED) is 0.455. The van der Waals surface area contributed by atoms with Crippen LogP contribution in [0.15, 0.2) is 54.9 Å². The summed E-state index contributed by atoms with van der Waals surface area (Å²) < 4.78 is 3.91. The zero-order chi connectivity index (χ0) is 19.3. The van der Waals surface area contributed by atoms with Gasteiger partial charge in [-0.1, -0.05) is 68.5 Å². The van der Waals surface area contributed by atoms with Crippen LogP contribution in [0.4, 0.5) is 0 Å². The van der Waals surface area contributed by atoms with Crippen LogP contribution in [0.1, 0.15) is 32.2 Å². The second-order valence-electron chi connectivity index (χ2n) is 7.91. The average molecular weight is 389 g/mol. The number of rotatable bonds is 3. The van der Waals surface area contributed by atoms with E-state index in [-0.39, 0.29) is 5.41 Å². The van der Waals surface area contributed by atoms with Gasteiger partial charge in [-0.25, -0.2) is 4.98 Å². The summed E-state index contributed by atoms with van der Waals surface area (Å²) in [4.78, 5) is 5.25. The van der Waals surface area contributed by atoms with Crippen molar-refractivity contribution in [1.82, 2.24) is 29.4 Å². The Hall–Kier alpha value is -3.06. The van der Waals surface area contributed by atoms with Crippen LogP contribution in [-0.4, -0.2) is 29.4 Å². The highest BCUT2D eigenvalue weighted by molar-refractivity contribution is 7.19. The van der Waals surface area contributed by atoms with E-state index >= 15 is 0 Å². The molecule has 28 heavy (non-hydrogen) atoms. The molecule has 0 atom stereocenters. The van der Waals surface area contributed by atoms with Gasteiger partial charge in [0.15, 0.2) is 5.82 Å². The third kappa shape index (κ3) is 2.88. The summed E-state index contributed by atoms with van der Waals surface area (Å²) in [5.74, 6) is 0.798. The van der Waals surface area contributed by atoms with Crippen molar-refractivity contribution < 1.29 is 0 Å². The molecular formula is C21H20N6S. The molecule has 0 amide bonds. The minimum Gasteiger partial charge on any atom is -0.323 e. The molecule has 140 valence electrons. The highest BCUT2D eigenvalue weighted by Crippen LogP contribution is 2.29. The van der Waals surface area contributed by atoms with Crippen LogP contribution in [0.5, 0.6) is 0 Å². The molecule has 5 aromatic rings. The maximum atomic E-state index is 4.77. The third-order valence-corrected chi connectivity index (χ3v) is 5.84. The van der Waals surface area contributed by atoms with Gasteiger partial charge in [-0.15, -0.1) is 10.2 Å². The van der Waals surface area contributed by atoms with Crippen LogP contribution in [0, 0.1) is 0 Å². The van der Waals surface area contributed by atoms with Gasteiger partial charge in [-0.3, -0.25) is 0 Å². The maximum Gasteiger partial charge on any atom is 0.235 e. The first kappa shape index (κ1) is 17.1. The number of benzene rings is 2. The van der Waals surface area contributed by atoms with Crippen LogP contribution in [0.25, 0.3) is 26.6 Å². The topological polar surface area (TPSA) is 60.9 Å². The predicted octanol–water partition coefficient (Wildman–Crippen LogP) is 4.55. The number of para-hydroxylation sites is 2. The lowest BCUT2D eigenvalue weighted by Crippen LogP contribution is -2.10. The molecule has 7 heteroatoms. The number of nitrogens with zero attached hydrogens (tertiary/aromatic N) is 6. The molecule has 0 unspecified atom stereocenters. The van der Waals surface area contributed by atoms with E-state index in [0.717, 1.165) is 32.4 Å². The summed E-state index contributed by atoms with van der Waals surface area (Å²) in [6.07, 6.45) is 1.84. The van der Waals surface area contributed by atoms with Gasteiger partial charge < -0.3 is 4.57 Å². The van der Waals surface area contributed by atoms with Crippen LogP contribution < -0.4 is 0 Å². The molecule has 2 aromatic carbocycles. The zero-order valence-electron chi connectivity index (χ0n) is 16.0. The molecule has 0 radical (unpaired) electrons. The fourth-order valence-corrected chi connectivity index (χ4v) is 4.14. The number of fused-ring (bicyclic) bond motifs is 2. The molecule has 0 bridgehead atoms. The van der Waals surface area contributed by atoms with Crippen molar-refractivity contribution in [3.63, 3.8) is 0 Å². The Bertz CT molecular complexity index is 1270. The monoisotopic (exact) mass is 388 g/mol. The van der Waals surface area contributed by atoms with Crippen LogP contribution in [0.2, 0.25) is 0 Å². The second kappa shape index (κ2) is 6.24. The summed E-state index contributed by atoms with van der Waals surface area (Å²) in [5.41, 5.74) is 4.60. The molecule has 0 aliphatic rings. The zero-order valence-corrected chi connectivity index (χ0v) is 16.8. The van der Waals surface area contributed by atoms with E-state index in [2.05, 4.69) is 70.9 Å². The molecule has 5 rings (SSSR count). The van der Waals surface area contributed by atoms with Gasteiger partial charge in [0.05, 0.1) is 23.9 Å². The van der Waals surface area contributed by atoms with E-state index in [1.54, 1.807) is 11.3 Å². The molecule has 0 fully saturated rings. The second-order valence-corrected chi connectivity index (χ2v) is 8.86. The Morgan fingerprint density at radius 3 is 2.54 bits per heavy atom. The Kier molecular flexibility index (Phi) is 3.80. The summed E-state index contributed by atoms with van der Waals surface area (Å²) in [5, 5.41) is 14.4. The normalized spacial score (nSPS) is 12.2. The van der Waals surface area contributed by atoms with Crippen LogP contribution in [-0.2, 0) is 12.0 Å². The average Bonchev–Trinajstić information content (AvgIpc) is 3.37. The van der Waals surface area contributed by atoms with Crippen LogP contribution in [0.3, 0.4) is 0 Å². The lowest BCUT2D eigenvalue weighted by Gasteiger charge is -2.18. The van der Waals surface area contributed by atoms with Crippen molar-refractivity contribution in [2.45, 2.75) is 32.7 Å². The Balaban J connectivity index is 1.49.